The minimum absolute atomic E-state index is 0.0466. The number of amides is 1. The van der Waals surface area contributed by atoms with Gasteiger partial charge in [0.1, 0.15) is 0 Å². The summed E-state index contributed by atoms with van der Waals surface area (Å²) >= 11 is 0. The van der Waals surface area contributed by atoms with Crippen molar-refractivity contribution in [2.24, 2.45) is 5.92 Å². The molecule has 3 heterocycles. The van der Waals surface area contributed by atoms with Crippen LogP contribution in [-0.4, -0.2) is 40.0 Å². The molecule has 0 bridgehead atoms. The SMILES string of the molecule is O=C(C1CCC1)N1CCC[C@H]1Cn1nc(-c2ccc3c(c2)OCO3)ccc1=O. The fraction of sp³-hybridized carbons (Fsp3) is 0.476. The first-order valence-electron chi connectivity index (χ1n) is 9.98. The van der Waals surface area contributed by atoms with Gasteiger partial charge in [-0.2, -0.15) is 5.10 Å². The Labute approximate surface area is 162 Å². The zero-order chi connectivity index (χ0) is 19.1. The number of benzene rings is 1. The zero-order valence-corrected chi connectivity index (χ0v) is 15.7. The van der Waals surface area contributed by atoms with Crippen LogP contribution in [0.15, 0.2) is 35.1 Å². The van der Waals surface area contributed by atoms with Crippen molar-refractivity contribution < 1.29 is 14.3 Å². The second-order valence-electron chi connectivity index (χ2n) is 7.76. The molecule has 1 aromatic carbocycles. The van der Waals surface area contributed by atoms with E-state index in [9.17, 15) is 9.59 Å². The number of hydrogen-bond donors (Lipinski definition) is 0. The fourth-order valence-electron chi connectivity index (χ4n) is 4.19. The summed E-state index contributed by atoms with van der Waals surface area (Å²) in [4.78, 5) is 27.1. The van der Waals surface area contributed by atoms with E-state index in [1.54, 1.807) is 12.1 Å². The smallest absolute Gasteiger partial charge is 0.266 e. The van der Waals surface area contributed by atoms with Gasteiger partial charge in [-0.1, -0.05) is 6.42 Å². The molecule has 0 unspecified atom stereocenters. The van der Waals surface area contributed by atoms with Gasteiger partial charge in [-0.05, 0) is 49.9 Å². The summed E-state index contributed by atoms with van der Waals surface area (Å²) in [7, 11) is 0. The monoisotopic (exact) mass is 381 g/mol. The highest BCUT2D eigenvalue weighted by Gasteiger charge is 2.35. The molecule has 5 rings (SSSR count). The average Bonchev–Trinajstić information content (AvgIpc) is 3.30. The zero-order valence-electron chi connectivity index (χ0n) is 15.7. The third-order valence-electron chi connectivity index (χ3n) is 6.03. The third kappa shape index (κ3) is 3.04. The van der Waals surface area contributed by atoms with E-state index in [4.69, 9.17) is 9.47 Å². The van der Waals surface area contributed by atoms with Gasteiger partial charge in [0, 0.05) is 24.1 Å². The van der Waals surface area contributed by atoms with E-state index in [-0.39, 0.29) is 30.2 Å². The van der Waals surface area contributed by atoms with Gasteiger partial charge in [-0.25, -0.2) is 4.68 Å². The highest BCUT2D eigenvalue weighted by molar-refractivity contribution is 5.80. The Morgan fingerprint density at radius 1 is 1.07 bits per heavy atom. The molecule has 1 saturated carbocycles. The van der Waals surface area contributed by atoms with Crippen LogP contribution in [0.2, 0.25) is 0 Å². The summed E-state index contributed by atoms with van der Waals surface area (Å²) in [5, 5.41) is 4.57. The molecule has 0 radical (unpaired) electrons. The van der Waals surface area contributed by atoms with E-state index < -0.39 is 0 Å². The van der Waals surface area contributed by atoms with Crippen molar-refractivity contribution >= 4 is 5.91 Å². The van der Waals surface area contributed by atoms with E-state index in [0.29, 0.717) is 23.7 Å². The van der Waals surface area contributed by atoms with Crippen LogP contribution in [0.4, 0.5) is 0 Å². The summed E-state index contributed by atoms with van der Waals surface area (Å²) in [5.74, 6) is 1.84. The predicted molar refractivity (Wildman–Crippen MR) is 102 cm³/mol. The first kappa shape index (κ1) is 17.3. The van der Waals surface area contributed by atoms with Gasteiger partial charge in [0.15, 0.2) is 11.5 Å². The topological polar surface area (TPSA) is 73.7 Å². The van der Waals surface area contributed by atoms with E-state index >= 15 is 0 Å². The van der Waals surface area contributed by atoms with Gasteiger partial charge in [-0.15, -0.1) is 0 Å². The number of fused-ring (bicyclic) bond motifs is 1. The molecule has 28 heavy (non-hydrogen) atoms. The molecule has 1 aromatic heterocycles. The largest absolute Gasteiger partial charge is 0.454 e. The average molecular weight is 381 g/mol. The van der Waals surface area contributed by atoms with Crippen LogP contribution in [0.1, 0.15) is 32.1 Å². The number of rotatable bonds is 4. The molecule has 1 atom stereocenters. The highest BCUT2D eigenvalue weighted by Crippen LogP contribution is 2.35. The summed E-state index contributed by atoms with van der Waals surface area (Å²) in [5.41, 5.74) is 1.42. The van der Waals surface area contributed by atoms with Crippen molar-refractivity contribution in [2.75, 3.05) is 13.3 Å². The summed E-state index contributed by atoms with van der Waals surface area (Å²) in [6, 6.07) is 8.95. The summed E-state index contributed by atoms with van der Waals surface area (Å²) in [6.45, 7) is 1.45. The lowest BCUT2D eigenvalue weighted by Gasteiger charge is -2.32. The number of carbonyl (C=O) groups excluding carboxylic acids is 1. The molecule has 2 aliphatic heterocycles. The number of carbonyl (C=O) groups is 1. The van der Waals surface area contributed by atoms with Gasteiger partial charge in [-0.3, -0.25) is 9.59 Å². The van der Waals surface area contributed by atoms with Crippen LogP contribution in [0, 0.1) is 5.92 Å². The maximum Gasteiger partial charge on any atom is 0.266 e. The van der Waals surface area contributed by atoms with Crippen molar-refractivity contribution in [1.82, 2.24) is 14.7 Å². The number of aromatic nitrogens is 2. The molecule has 7 nitrogen and oxygen atoms in total. The lowest BCUT2D eigenvalue weighted by Crippen LogP contribution is -2.44. The second-order valence-corrected chi connectivity index (χ2v) is 7.76. The van der Waals surface area contributed by atoms with Crippen molar-refractivity contribution in [3.05, 3.63) is 40.7 Å². The van der Waals surface area contributed by atoms with Gasteiger partial charge in [0.05, 0.1) is 18.3 Å². The van der Waals surface area contributed by atoms with Gasteiger partial charge in [0.2, 0.25) is 12.7 Å². The Hall–Kier alpha value is -2.83. The number of likely N-dealkylation sites (tertiary alicyclic amines) is 1. The Morgan fingerprint density at radius 3 is 2.75 bits per heavy atom. The molecular weight excluding hydrogens is 358 g/mol. The highest BCUT2D eigenvalue weighted by atomic mass is 16.7. The van der Waals surface area contributed by atoms with Gasteiger partial charge < -0.3 is 14.4 Å². The summed E-state index contributed by atoms with van der Waals surface area (Å²) < 4.78 is 12.3. The summed E-state index contributed by atoms with van der Waals surface area (Å²) in [6.07, 6.45) is 5.05. The lowest BCUT2D eigenvalue weighted by molar-refractivity contribution is -0.139. The molecule has 1 aliphatic carbocycles. The van der Waals surface area contributed by atoms with Crippen molar-refractivity contribution in [3.8, 4) is 22.8 Å². The van der Waals surface area contributed by atoms with Crippen LogP contribution in [0.5, 0.6) is 11.5 Å². The van der Waals surface area contributed by atoms with Crippen LogP contribution < -0.4 is 15.0 Å². The molecule has 0 spiro atoms. The second kappa shape index (κ2) is 6.96. The normalized spacial score (nSPS) is 21.0. The van der Waals surface area contributed by atoms with Gasteiger partial charge in [0.25, 0.3) is 5.56 Å². The maximum atomic E-state index is 12.7. The van der Waals surface area contributed by atoms with E-state index in [1.165, 1.54) is 4.68 Å². The Balaban J connectivity index is 1.38. The molecule has 1 saturated heterocycles. The molecule has 146 valence electrons. The van der Waals surface area contributed by atoms with E-state index in [0.717, 1.165) is 44.2 Å². The molecular formula is C21H23N3O4. The number of ether oxygens (including phenoxy) is 2. The minimum atomic E-state index is -0.146. The van der Waals surface area contributed by atoms with Gasteiger partial charge >= 0.3 is 0 Å². The minimum Gasteiger partial charge on any atom is -0.454 e. The standard InChI is InChI=1S/C21H23N3O4/c25-20-9-7-17(15-6-8-18-19(11-15)28-13-27-18)22-24(20)12-16-5-2-10-23(16)21(26)14-3-1-4-14/h6-9,11,14,16H,1-5,10,12-13H2/t16-/m0/s1. The number of nitrogens with zero attached hydrogens (tertiary/aromatic N) is 3. The van der Waals surface area contributed by atoms with Crippen molar-refractivity contribution in [1.29, 1.82) is 0 Å². The fourth-order valence-corrected chi connectivity index (χ4v) is 4.19. The molecule has 7 heteroatoms. The third-order valence-corrected chi connectivity index (χ3v) is 6.03. The lowest BCUT2D eigenvalue weighted by atomic mass is 9.84. The first-order chi connectivity index (χ1) is 13.7. The van der Waals surface area contributed by atoms with Crippen molar-refractivity contribution in [2.45, 2.75) is 44.7 Å². The Bertz CT molecular complexity index is 966. The van der Waals surface area contributed by atoms with E-state index in [2.05, 4.69) is 5.10 Å². The molecule has 1 amide bonds. The molecule has 2 aromatic rings. The molecule has 2 fully saturated rings. The molecule has 3 aliphatic rings. The van der Waals surface area contributed by atoms with E-state index in [1.807, 2.05) is 23.1 Å². The first-order valence-corrected chi connectivity index (χ1v) is 9.98. The number of hydrogen-bond acceptors (Lipinski definition) is 5. The van der Waals surface area contributed by atoms with Crippen LogP contribution >= 0.6 is 0 Å². The Kier molecular flexibility index (Phi) is 4.30. The quantitative estimate of drug-likeness (QED) is 0.813. The van der Waals surface area contributed by atoms with Crippen LogP contribution in [0.3, 0.4) is 0 Å². The van der Waals surface area contributed by atoms with Crippen molar-refractivity contribution in [3.63, 3.8) is 0 Å². The maximum absolute atomic E-state index is 12.7. The Morgan fingerprint density at radius 2 is 1.93 bits per heavy atom. The van der Waals surface area contributed by atoms with Crippen LogP contribution in [0.25, 0.3) is 11.3 Å². The predicted octanol–water partition coefficient (Wildman–Crippen LogP) is 2.43. The molecule has 0 N–H and O–H groups in total. The van der Waals surface area contributed by atoms with Crippen LogP contribution in [-0.2, 0) is 11.3 Å².